The van der Waals surface area contributed by atoms with Gasteiger partial charge in [-0.05, 0) is 25.1 Å². The number of nitrogens with zero attached hydrogens (tertiary/aromatic N) is 3. The number of hydrogen-bond acceptors (Lipinski definition) is 5. The predicted molar refractivity (Wildman–Crippen MR) is 88.2 cm³/mol. The number of nitriles is 1. The van der Waals surface area contributed by atoms with E-state index in [2.05, 4.69) is 11.1 Å². The van der Waals surface area contributed by atoms with Crippen LogP contribution >= 0.6 is 0 Å². The molecule has 0 spiro atoms. The lowest BCUT2D eigenvalue weighted by Crippen LogP contribution is -2.26. The highest BCUT2D eigenvalue weighted by Crippen LogP contribution is 2.19. The molecule has 0 radical (unpaired) electrons. The zero-order chi connectivity index (χ0) is 16.5. The van der Waals surface area contributed by atoms with Crippen molar-refractivity contribution in [3.8, 4) is 6.07 Å². The van der Waals surface area contributed by atoms with Gasteiger partial charge in [-0.3, -0.25) is 9.78 Å². The van der Waals surface area contributed by atoms with E-state index in [-0.39, 0.29) is 12.5 Å². The van der Waals surface area contributed by atoms with Crippen LogP contribution in [-0.4, -0.2) is 24.1 Å². The minimum Gasteiger partial charge on any atom is -0.465 e. The molecule has 0 aliphatic carbocycles. The van der Waals surface area contributed by atoms with E-state index in [4.69, 9.17) is 4.74 Å². The number of esters is 1. The van der Waals surface area contributed by atoms with Crippen LogP contribution in [0, 0.1) is 11.3 Å². The van der Waals surface area contributed by atoms with E-state index in [9.17, 15) is 10.1 Å². The van der Waals surface area contributed by atoms with E-state index < -0.39 is 0 Å². The normalized spacial score (nSPS) is 10.7. The number of allylic oxidation sites excluding steroid dienone is 1. The highest BCUT2D eigenvalue weighted by molar-refractivity contribution is 5.82. The summed E-state index contributed by atoms with van der Waals surface area (Å²) < 4.78 is 5.01. The van der Waals surface area contributed by atoms with Gasteiger partial charge in [0.2, 0.25) is 0 Å². The van der Waals surface area contributed by atoms with Crippen LogP contribution in [0.15, 0.2) is 61.1 Å². The molecule has 2 rings (SSSR count). The number of anilines is 1. The first-order valence-corrected chi connectivity index (χ1v) is 7.24. The van der Waals surface area contributed by atoms with Gasteiger partial charge in [-0.25, -0.2) is 0 Å². The largest absolute Gasteiger partial charge is 0.465 e. The highest BCUT2D eigenvalue weighted by Gasteiger charge is 2.12. The molecule has 2 aromatic rings. The molecule has 23 heavy (non-hydrogen) atoms. The van der Waals surface area contributed by atoms with Crippen molar-refractivity contribution in [3.05, 3.63) is 66.6 Å². The van der Waals surface area contributed by atoms with Crippen molar-refractivity contribution >= 4 is 17.2 Å². The summed E-state index contributed by atoms with van der Waals surface area (Å²) in [5.74, 6) is -0.351. The number of rotatable bonds is 6. The molecular formula is C18H17N3O2. The number of aromatic nitrogens is 1. The van der Waals surface area contributed by atoms with E-state index in [1.807, 2.05) is 30.3 Å². The molecule has 116 valence electrons. The Labute approximate surface area is 135 Å². The molecule has 0 amide bonds. The summed E-state index contributed by atoms with van der Waals surface area (Å²) in [6.45, 7) is 2.11. The summed E-state index contributed by atoms with van der Waals surface area (Å²) >= 11 is 0. The Hall–Kier alpha value is -3.13. The molecule has 0 aliphatic heterocycles. The number of para-hydroxylation sites is 1. The number of benzene rings is 1. The number of carbonyl (C=O) groups excluding carboxylic acids is 1. The molecule has 5 heteroatoms. The molecule has 5 nitrogen and oxygen atoms in total. The second-order valence-electron chi connectivity index (χ2n) is 4.66. The Morgan fingerprint density at radius 2 is 2.09 bits per heavy atom. The Morgan fingerprint density at radius 3 is 2.70 bits per heavy atom. The fourth-order valence-electron chi connectivity index (χ4n) is 2.02. The van der Waals surface area contributed by atoms with E-state index in [1.54, 1.807) is 42.6 Å². The molecule has 1 heterocycles. The standard InChI is InChI=1S/C18H17N3O2/c1-2-23-18(22)14-21(17-8-4-3-5-9-17)13-16(11-19)15-7-6-10-20-12-15/h3-10,12-13H,2,14H2,1H3/b16-13+. The third kappa shape index (κ3) is 4.68. The lowest BCUT2D eigenvalue weighted by Gasteiger charge is -2.20. The van der Waals surface area contributed by atoms with Gasteiger partial charge in [0.1, 0.15) is 12.6 Å². The molecule has 0 unspecified atom stereocenters. The third-order valence-electron chi connectivity index (χ3n) is 3.07. The van der Waals surface area contributed by atoms with Gasteiger partial charge in [0.05, 0.1) is 12.2 Å². The van der Waals surface area contributed by atoms with Gasteiger partial charge in [-0.15, -0.1) is 0 Å². The van der Waals surface area contributed by atoms with Crippen molar-refractivity contribution in [2.24, 2.45) is 0 Å². The Balaban J connectivity index is 2.35. The van der Waals surface area contributed by atoms with Crippen molar-refractivity contribution in [1.82, 2.24) is 4.98 Å². The van der Waals surface area contributed by atoms with Crippen LogP contribution in [0.4, 0.5) is 5.69 Å². The van der Waals surface area contributed by atoms with Crippen LogP contribution in [0.1, 0.15) is 12.5 Å². The van der Waals surface area contributed by atoms with Gasteiger partial charge in [0, 0.05) is 29.8 Å². The number of hydrogen-bond donors (Lipinski definition) is 0. The van der Waals surface area contributed by atoms with Crippen LogP contribution in [0.3, 0.4) is 0 Å². The lowest BCUT2D eigenvalue weighted by atomic mass is 10.1. The van der Waals surface area contributed by atoms with Crippen LogP contribution < -0.4 is 4.90 Å². The summed E-state index contributed by atoms with van der Waals surface area (Å²) in [6.07, 6.45) is 4.90. The molecule has 0 N–H and O–H groups in total. The Bertz CT molecular complexity index is 706. The average molecular weight is 307 g/mol. The smallest absolute Gasteiger partial charge is 0.325 e. The van der Waals surface area contributed by atoms with E-state index in [1.165, 1.54) is 0 Å². The molecule has 0 aliphatic rings. The van der Waals surface area contributed by atoms with Gasteiger partial charge < -0.3 is 9.64 Å². The van der Waals surface area contributed by atoms with E-state index in [0.717, 1.165) is 5.69 Å². The average Bonchev–Trinajstić information content (AvgIpc) is 2.60. The molecule has 0 saturated carbocycles. The second kappa shape index (κ2) is 8.35. The minimum absolute atomic E-state index is 0.0310. The topological polar surface area (TPSA) is 66.2 Å². The third-order valence-corrected chi connectivity index (χ3v) is 3.07. The fraction of sp³-hybridized carbons (Fsp3) is 0.167. The predicted octanol–water partition coefficient (Wildman–Crippen LogP) is 3.02. The van der Waals surface area contributed by atoms with Crippen LogP contribution in [0.5, 0.6) is 0 Å². The van der Waals surface area contributed by atoms with Gasteiger partial charge in [-0.2, -0.15) is 5.26 Å². The SMILES string of the molecule is CCOC(=O)CN(/C=C(\C#N)c1cccnc1)c1ccccc1. The fourth-order valence-corrected chi connectivity index (χ4v) is 2.02. The summed E-state index contributed by atoms with van der Waals surface area (Å²) in [5.41, 5.74) is 1.92. The molecule has 0 fully saturated rings. The first-order chi connectivity index (χ1) is 11.2. The quantitative estimate of drug-likeness (QED) is 0.606. The molecule has 0 saturated heterocycles. The van der Waals surface area contributed by atoms with E-state index in [0.29, 0.717) is 17.7 Å². The van der Waals surface area contributed by atoms with Crippen molar-refractivity contribution < 1.29 is 9.53 Å². The van der Waals surface area contributed by atoms with Crippen LogP contribution in [0.25, 0.3) is 5.57 Å². The van der Waals surface area contributed by atoms with Crippen LogP contribution in [-0.2, 0) is 9.53 Å². The van der Waals surface area contributed by atoms with Gasteiger partial charge in [0.25, 0.3) is 0 Å². The van der Waals surface area contributed by atoms with Gasteiger partial charge in [-0.1, -0.05) is 24.3 Å². The zero-order valence-corrected chi connectivity index (χ0v) is 12.8. The molecular weight excluding hydrogens is 290 g/mol. The summed E-state index contributed by atoms with van der Waals surface area (Å²) in [7, 11) is 0. The van der Waals surface area contributed by atoms with Crippen molar-refractivity contribution in [2.75, 3.05) is 18.1 Å². The number of pyridine rings is 1. The molecule has 0 bridgehead atoms. The molecule has 1 aromatic heterocycles. The second-order valence-corrected chi connectivity index (χ2v) is 4.66. The zero-order valence-electron chi connectivity index (χ0n) is 12.8. The highest BCUT2D eigenvalue weighted by atomic mass is 16.5. The van der Waals surface area contributed by atoms with Gasteiger partial charge in [0.15, 0.2) is 0 Å². The maximum absolute atomic E-state index is 11.8. The lowest BCUT2D eigenvalue weighted by molar-refractivity contribution is -0.141. The maximum atomic E-state index is 11.8. The Kier molecular flexibility index (Phi) is 5.89. The van der Waals surface area contributed by atoms with Crippen LogP contribution in [0.2, 0.25) is 0 Å². The molecule has 0 atom stereocenters. The van der Waals surface area contributed by atoms with Crippen molar-refractivity contribution in [1.29, 1.82) is 5.26 Å². The number of ether oxygens (including phenoxy) is 1. The summed E-state index contributed by atoms with van der Waals surface area (Å²) in [5, 5.41) is 9.42. The Morgan fingerprint density at radius 1 is 1.30 bits per heavy atom. The molecule has 1 aromatic carbocycles. The van der Waals surface area contributed by atoms with E-state index >= 15 is 0 Å². The minimum atomic E-state index is -0.351. The first-order valence-electron chi connectivity index (χ1n) is 7.24. The number of carbonyl (C=O) groups is 1. The van der Waals surface area contributed by atoms with Crippen molar-refractivity contribution in [3.63, 3.8) is 0 Å². The summed E-state index contributed by atoms with van der Waals surface area (Å²) in [6, 6.07) is 15.1. The van der Waals surface area contributed by atoms with Crippen molar-refractivity contribution in [2.45, 2.75) is 6.92 Å². The monoisotopic (exact) mass is 307 g/mol. The van der Waals surface area contributed by atoms with Gasteiger partial charge >= 0.3 is 5.97 Å². The first kappa shape index (κ1) is 16.2. The summed E-state index contributed by atoms with van der Waals surface area (Å²) in [4.78, 5) is 17.6. The maximum Gasteiger partial charge on any atom is 0.325 e.